The minimum Gasteiger partial charge on any atom is -0.467 e. The zero-order chi connectivity index (χ0) is 16.0. The summed E-state index contributed by atoms with van der Waals surface area (Å²) in [5.41, 5.74) is -0.0386. The van der Waals surface area contributed by atoms with Crippen LogP contribution in [0.4, 0.5) is 0 Å². The third kappa shape index (κ3) is 4.65. The smallest absolute Gasteiger partial charge is 0.213 e. The van der Waals surface area contributed by atoms with Gasteiger partial charge in [-0.05, 0) is 19.1 Å². The summed E-state index contributed by atoms with van der Waals surface area (Å²) in [6.07, 6.45) is 3.43. The topological polar surface area (TPSA) is 75.6 Å². The molecule has 0 spiro atoms. The van der Waals surface area contributed by atoms with E-state index in [1.807, 2.05) is 19.1 Å². The number of nitrogens with zero attached hydrogens (tertiary/aromatic N) is 2. The molecule has 2 aromatic rings. The highest BCUT2D eigenvalue weighted by Gasteiger charge is 2.19. The number of hydrogen-bond donors (Lipinski definition) is 2. The molecule has 0 radical (unpaired) electrons. The number of nitrogens with one attached hydrogen (secondary N) is 2. The van der Waals surface area contributed by atoms with E-state index in [1.54, 1.807) is 12.5 Å². The summed E-state index contributed by atoms with van der Waals surface area (Å²) in [4.78, 5) is 8.75. The Morgan fingerprint density at radius 3 is 2.73 bits per heavy atom. The van der Waals surface area contributed by atoms with Crippen LogP contribution in [0.25, 0.3) is 0 Å². The summed E-state index contributed by atoms with van der Waals surface area (Å²) < 4.78 is 11.0. The second kappa shape index (κ2) is 7.15. The molecule has 0 aliphatic carbocycles. The highest BCUT2D eigenvalue weighted by Crippen LogP contribution is 2.22. The molecule has 2 aromatic heterocycles. The number of oxazole rings is 1. The zero-order valence-electron chi connectivity index (χ0n) is 13.6. The van der Waals surface area contributed by atoms with Crippen LogP contribution in [-0.4, -0.2) is 17.5 Å². The molecule has 0 aliphatic heterocycles. The summed E-state index contributed by atoms with van der Waals surface area (Å²) in [5.74, 6) is 3.05. The van der Waals surface area contributed by atoms with E-state index in [4.69, 9.17) is 8.83 Å². The molecule has 2 N–H and O–H groups in total. The standard InChI is InChI=1S/C16H24N4O2/c1-5-17-15(19-9-12-7-6-8-21-12)20-11-14-18-10-13(22-14)16(2,3)4/h6-8,10H,5,9,11H2,1-4H3,(H2,17,19,20). The Morgan fingerprint density at radius 1 is 1.32 bits per heavy atom. The molecular weight excluding hydrogens is 280 g/mol. The van der Waals surface area contributed by atoms with Gasteiger partial charge in [0, 0.05) is 12.0 Å². The van der Waals surface area contributed by atoms with Gasteiger partial charge in [0.05, 0.1) is 19.0 Å². The fraction of sp³-hybridized carbons (Fsp3) is 0.500. The van der Waals surface area contributed by atoms with Gasteiger partial charge in [-0.1, -0.05) is 20.8 Å². The summed E-state index contributed by atoms with van der Waals surface area (Å²) in [6, 6.07) is 3.75. The molecule has 0 bridgehead atoms. The first kappa shape index (κ1) is 16.1. The molecule has 6 nitrogen and oxygen atoms in total. The van der Waals surface area contributed by atoms with Gasteiger partial charge in [0.2, 0.25) is 5.89 Å². The molecule has 0 unspecified atom stereocenters. The van der Waals surface area contributed by atoms with Crippen LogP contribution >= 0.6 is 0 Å². The number of aromatic nitrogens is 1. The van der Waals surface area contributed by atoms with E-state index in [0.29, 0.717) is 24.9 Å². The van der Waals surface area contributed by atoms with Gasteiger partial charge in [0.15, 0.2) is 5.96 Å². The van der Waals surface area contributed by atoms with Crippen LogP contribution in [0, 0.1) is 0 Å². The first-order chi connectivity index (χ1) is 10.5. The molecule has 0 aromatic carbocycles. The number of furan rings is 1. The molecule has 22 heavy (non-hydrogen) atoms. The van der Waals surface area contributed by atoms with Crippen molar-refractivity contribution in [3.05, 3.63) is 42.0 Å². The van der Waals surface area contributed by atoms with E-state index in [0.717, 1.165) is 18.1 Å². The monoisotopic (exact) mass is 304 g/mol. The summed E-state index contributed by atoms with van der Waals surface area (Å²) in [6.45, 7) is 10.1. The van der Waals surface area contributed by atoms with Crippen molar-refractivity contribution < 1.29 is 8.83 Å². The van der Waals surface area contributed by atoms with Gasteiger partial charge in [-0.25, -0.2) is 9.98 Å². The van der Waals surface area contributed by atoms with E-state index >= 15 is 0 Å². The maximum atomic E-state index is 5.75. The maximum Gasteiger partial charge on any atom is 0.213 e. The summed E-state index contributed by atoms with van der Waals surface area (Å²) in [5, 5.41) is 6.39. The number of hydrogen-bond acceptors (Lipinski definition) is 4. The number of rotatable bonds is 5. The van der Waals surface area contributed by atoms with Crippen LogP contribution in [0.3, 0.4) is 0 Å². The fourth-order valence-corrected chi connectivity index (χ4v) is 1.80. The van der Waals surface area contributed by atoms with Crippen molar-refractivity contribution in [1.82, 2.24) is 15.6 Å². The van der Waals surface area contributed by atoms with Gasteiger partial charge >= 0.3 is 0 Å². The van der Waals surface area contributed by atoms with E-state index < -0.39 is 0 Å². The quantitative estimate of drug-likeness (QED) is 0.656. The van der Waals surface area contributed by atoms with E-state index in [9.17, 15) is 0 Å². The van der Waals surface area contributed by atoms with Crippen LogP contribution in [0.1, 0.15) is 45.1 Å². The lowest BCUT2D eigenvalue weighted by Gasteiger charge is -2.13. The van der Waals surface area contributed by atoms with Crippen molar-refractivity contribution in [2.75, 3.05) is 6.54 Å². The highest BCUT2D eigenvalue weighted by atomic mass is 16.4. The van der Waals surface area contributed by atoms with Gasteiger partial charge in [-0.3, -0.25) is 0 Å². The van der Waals surface area contributed by atoms with Gasteiger partial charge in [-0.15, -0.1) is 0 Å². The third-order valence-corrected chi connectivity index (χ3v) is 3.02. The SMILES string of the molecule is CCNC(=NCc1ccco1)NCc1ncc(C(C)(C)C)o1. The molecule has 0 atom stereocenters. The molecule has 120 valence electrons. The molecule has 6 heteroatoms. The predicted octanol–water partition coefficient (Wildman–Crippen LogP) is 2.82. The van der Waals surface area contributed by atoms with Crippen LogP contribution in [-0.2, 0) is 18.5 Å². The minimum atomic E-state index is -0.0386. The molecule has 0 fully saturated rings. The second-order valence-electron chi connectivity index (χ2n) is 6.00. The third-order valence-electron chi connectivity index (χ3n) is 3.02. The van der Waals surface area contributed by atoms with Crippen molar-refractivity contribution in [2.45, 2.75) is 46.2 Å². The summed E-state index contributed by atoms with van der Waals surface area (Å²) in [7, 11) is 0. The van der Waals surface area contributed by atoms with Crippen LogP contribution in [0.5, 0.6) is 0 Å². The Kier molecular flexibility index (Phi) is 5.25. The van der Waals surface area contributed by atoms with Gasteiger partial charge in [0.25, 0.3) is 0 Å². The molecule has 0 aliphatic rings. The average molecular weight is 304 g/mol. The first-order valence-electron chi connectivity index (χ1n) is 7.49. The maximum absolute atomic E-state index is 5.75. The molecule has 2 rings (SSSR count). The highest BCUT2D eigenvalue weighted by molar-refractivity contribution is 5.79. The average Bonchev–Trinajstić information content (AvgIpc) is 3.12. The summed E-state index contributed by atoms with van der Waals surface area (Å²) >= 11 is 0. The molecule has 0 saturated heterocycles. The Hall–Kier alpha value is -2.24. The van der Waals surface area contributed by atoms with Gasteiger partial charge in [-0.2, -0.15) is 0 Å². The second-order valence-corrected chi connectivity index (χ2v) is 6.00. The van der Waals surface area contributed by atoms with Gasteiger partial charge < -0.3 is 19.5 Å². The lowest BCUT2D eigenvalue weighted by Crippen LogP contribution is -2.36. The van der Waals surface area contributed by atoms with Crippen molar-refractivity contribution in [3.63, 3.8) is 0 Å². The minimum absolute atomic E-state index is 0.0386. The first-order valence-corrected chi connectivity index (χ1v) is 7.49. The predicted molar refractivity (Wildman–Crippen MR) is 85.6 cm³/mol. The molecular formula is C16H24N4O2. The van der Waals surface area contributed by atoms with Crippen molar-refractivity contribution in [3.8, 4) is 0 Å². The van der Waals surface area contributed by atoms with Crippen molar-refractivity contribution in [2.24, 2.45) is 4.99 Å². The van der Waals surface area contributed by atoms with Gasteiger partial charge in [0.1, 0.15) is 18.1 Å². The Bertz CT molecular complexity index is 594. The largest absolute Gasteiger partial charge is 0.467 e. The number of guanidine groups is 1. The van der Waals surface area contributed by atoms with Crippen LogP contribution in [0.15, 0.2) is 38.4 Å². The zero-order valence-corrected chi connectivity index (χ0v) is 13.6. The van der Waals surface area contributed by atoms with E-state index in [1.165, 1.54) is 0 Å². The Labute approximate surface area is 131 Å². The normalized spacial score (nSPS) is 12.5. The van der Waals surface area contributed by atoms with E-state index in [-0.39, 0.29) is 5.41 Å². The van der Waals surface area contributed by atoms with Crippen molar-refractivity contribution >= 4 is 5.96 Å². The number of aliphatic imine (C=N–C) groups is 1. The lowest BCUT2D eigenvalue weighted by molar-refractivity contribution is 0.379. The Balaban J connectivity index is 1.93. The fourth-order valence-electron chi connectivity index (χ4n) is 1.80. The Morgan fingerprint density at radius 2 is 2.14 bits per heavy atom. The molecule has 2 heterocycles. The molecule has 0 amide bonds. The molecule has 0 saturated carbocycles. The van der Waals surface area contributed by atoms with Crippen LogP contribution < -0.4 is 10.6 Å². The van der Waals surface area contributed by atoms with Crippen LogP contribution in [0.2, 0.25) is 0 Å². The van der Waals surface area contributed by atoms with Crippen molar-refractivity contribution in [1.29, 1.82) is 0 Å². The lowest BCUT2D eigenvalue weighted by atomic mass is 9.94. The van der Waals surface area contributed by atoms with E-state index in [2.05, 4.69) is 41.4 Å².